The summed E-state index contributed by atoms with van der Waals surface area (Å²) < 4.78 is 2.46. The second-order valence-corrected chi connectivity index (χ2v) is 8.81. The van der Waals surface area contributed by atoms with Crippen LogP contribution in [0.3, 0.4) is 0 Å². The van der Waals surface area contributed by atoms with Crippen molar-refractivity contribution in [2.75, 3.05) is 0 Å². The highest BCUT2D eigenvalue weighted by atomic mass is 15.0. The monoisotopic (exact) mass is 418 g/mol. The second kappa shape index (κ2) is 6.08. The summed E-state index contributed by atoms with van der Waals surface area (Å²) in [7, 11) is 0. The number of fused-ring (bicyclic) bond motifs is 2. The molecule has 7 aromatic rings. The van der Waals surface area contributed by atoms with Crippen molar-refractivity contribution >= 4 is 43.4 Å². The van der Waals surface area contributed by atoms with Gasteiger partial charge in [-0.1, -0.05) is 66.7 Å². The van der Waals surface area contributed by atoms with E-state index >= 15 is 0 Å². The Morgan fingerprint density at radius 2 is 1.24 bits per heavy atom. The maximum absolute atomic E-state index is 4.20. The van der Waals surface area contributed by atoms with E-state index in [4.69, 9.17) is 0 Å². The number of rotatable bonds is 2. The van der Waals surface area contributed by atoms with Crippen LogP contribution in [0.5, 0.6) is 0 Å². The smallest absolute Gasteiger partial charge is 0.0548 e. The number of pyridine rings is 1. The molecular weight excluding hydrogens is 400 g/mol. The molecule has 0 amide bonds. The lowest BCUT2D eigenvalue weighted by Gasteiger charge is -2.16. The van der Waals surface area contributed by atoms with Gasteiger partial charge in [-0.15, -0.1) is 0 Å². The standard InChI is InChI=1S/C31H18N2/c1-2-7-23-22(6-1)21(19-15-17-32-18-16-19)12-14-26(23)33-27-10-4-9-25-24-8-3-5-20-11-13-28(33)31(29(20)24)30(25)27/h1-18H. The Morgan fingerprint density at radius 3 is 2.12 bits per heavy atom. The average molecular weight is 418 g/mol. The van der Waals surface area contributed by atoms with Crippen LogP contribution in [0.4, 0.5) is 0 Å². The van der Waals surface area contributed by atoms with Gasteiger partial charge in [-0.2, -0.15) is 0 Å². The van der Waals surface area contributed by atoms with Crippen molar-refractivity contribution in [3.8, 4) is 27.9 Å². The summed E-state index contributed by atoms with van der Waals surface area (Å²) in [6.45, 7) is 0. The van der Waals surface area contributed by atoms with Gasteiger partial charge in [0.2, 0.25) is 0 Å². The van der Waals surface area contributed by atoms with Crippen LogP contribution in [-0.4, -0.2) is 9.55 Å². The van der Waals surface area contributed by atoms with Gasteiger partial charge >= 0.3 is 0 Å². The van der Waals surface area contributed by atoms with Crippen LogP contribution in [-0.2, 0) is 0 Å². The third-order valence-corrected chi connectivity index (χ3v) is 7.22. The van der Waals surface area contributed by atoms with Gasteiger partial charge in [-0.05, 0) is 68.7 Å². The molecule has 5 aromatic carbocycles. The third-order valence-electron chi connectivity index (χ3n) is 7.22. The molecule has 152 valence electrons. The lowest BCUT2D eigenvalue weighted by Crippen LogP contribution is -1.97. The summed E-state index contributed by atoms with van der Waals surface area (Å²) >= 11 is 0. The van der Waals surface area contributed by atoms with Gasteiger partial charge in [-0.25, -0.2) is 0 Å². The fraction of sp³-hybridized carbons (Fsp3) is 0. The number of hydrogen-bond acceptors (Lipinski definition) is 1. The summed E-state index contributed by atoms with van der Waals surface area (Å²) in [6.07, 6.45) is 3.72. The summed E-state index contributed by atoms with van der Waals surface area (Å²) in [5.41, 5.74) is 8.90. The second-order valence-electron chi connectivity index (χ2n) is 8.81. The van der Waals surface area contributed by atoms with E-state index in [9.17, 15) is 0 Å². The van der Waals surface area contributed by atoms with Gasteiger partial charge in [0.15, 0.2) is 0 Å². The van der Waals surface area contributed by atoms with E-state index in [-0.39, 0.29) is 0 Å². The zero-order chi connectivity index (χ0) is 21.5. The molecule has 1 aliphatic rings. The topological polar surface area (TPSA) is 17.8 Å². The first kappa shape index (κ1) is 17.2. The molecule has 0 aliphatic heterocycles. The van der Waals surface area contributed by atoms with Crippen molar-refractivity contribution < 1.29 is 0 Å². The van der Waals surface area contributed by atoms with Crippen LogP contribution in [0.25, 0.3) is 71.3 Å². The summed E-state index contributed by atoms with van der Waals surface area (Å²) in [4.78, 5) is 4.20. The molecule has 2 aromatic heterocycles. The van der Waals surface area contributed by atoms with Gasteiger partial charge in [0.1, 0.15) is 0 Å². The van der Waals surface area contributed by atoms with E-state index in [0.29, 0.717) is 0 Å². The van der Waals surface area contributed by atoms with Crippen LogP contribution in [0.2, 0.25) is 0 Å². The lowest BCUT2D eigenvalue weighted by molar-refractivity contribution is 1.20. The number of benzene rings is 5. The number of aromatic nitrogens is 2. The molecule has 2 heteroatoms. The molecule has 2 heterocycles. The van der Waals surface area contributed by atoms with Gasteiger partial charge < -0.3 is 4.57 Å². The molecule has 1 aliphatic carbocycles. The van der Waals surface area contributed by atoms with Crippen molar-refractivity contribution in [2.45, 2.75) is 0 Å². The molecule has 0 unspecified atom stereocenters. The van der Waals surface area contributed by atoms with Crippen LogP contribution in [0.1, 0.15) is 0 Å². The Kier molecular flexibility index (Phi) is 3.16. The van der Waals surface area contributed by atoms with Gasteiger partial charge in [0, 0.05) is 28.6 Å². The first-order valence-corrected chi connectivity index (χ1v) is 11.3. The molecule has 0 N–H and O–H groups in total. The molecule has 0 spiro atoms. The number of nitrogens with zero attached hydrogens (tertiary/aromatic N) is 2. The zero-order valence-corrected chi connectivity index (χ0v) is 17.8. The Hall–Kier alpha value is -4.43. The highest BCUT2D eigenvalue weighted by Gasteiger charge is 2.25. The van der Waals surface area contributed by atoms with Crippen molar-refractivity contribution in [1.29, 1.82) is 0 Å². The predicted molar refractivity (Wildman–Crippen MR) is 138 cm³/mol. The minimum atomic E-state index is 1.19. The molecular formula is C31H18N2. The molecule has 0 atom stereocenters. The molecule has 0 fully saturated rings. The maximum atomic E-state index is 4.20. The number of hydrogen-bond donors (Lipinski definition) is 0. The first-order valence-electron chi connectivity index (χ1n) is 11.3. The van der Waals surface area contributed by atoms with Crippen LogP contribution in [0, 0.1) is 0 Å². The largest absolute Gasteiger partial charge is 0.309 e. The third kappa shape index (κ3) is 2.10. The fourth-order valence-electron chi connectivity index (χ4n) is 5.90. The van der Waals surface area contributed by atoms with Crippen LogP contribution >= 0.6 is 0 Å². The van der Waals surface area contributed by atoms with E-state index in [0.717, 1.165) is 0 Å². The molecule has 0 saturated carbocycles. The highest BCUT2D eigenvalue weighted by Crippen LogP contribution is 2.50. The predicted octanol–water partition coefficient (Wildman–Crippen LogP) is 8.13. The molecule has 0 saturated heterocycles. The van der Waals surface area contributed by atoms with Crippen molar-refractivity contribution in [3.05, 3.63) is 109 Å². The van der Waals surface area contributed by atoms with E-state index in [1.54, 1.807) is 0 Å². The summed E-state index contributed by atoms with van der Waals surface area (Å²) in [6, 6.07) is 35.4. The van der Waals surface area contributed by atoms with Crippen molar-refractivity contribution in [3.63, 3.8) is 0 Å². The Balaban J connectivity index is 1.54. The SMILES string of the molecule is c1cc2c3c(c1)ccc1c3c3c-2cccc3n1-c1ccc(-c2ccncc2)c2ccccc12. The average Bonchev–Trinajstić information content (AvgIpc) is 3.41. The molecule has 2 nitrogen and oxygen atoms in total. The summed E-state index contributed by atoms with van der Waals surface area (Å²) in [5, 5.41) is 7.97. The molecule has 33 heavy (non-hydrogen) atoms. The first-order chi connectivity index (χ1) is 16.4. The van der Waals surface area contributed by atoms with Gasteiger partial charge in [0.05, 0.1) is 16.7 Å². The Bertz CT molecular complexity index is 1910. The van der Waals surface area contributed by atoms with E-state index < -0.39 is 0 Å². The quantitative estimate of drug-likeness (QED) is 0.277. The highest BCUT2D eigenvalue weighted by molar-refractivity contribution is 6.33. The van der Waals surface area contributed by atoms with Crippen LogP contribution < -0.4 is 0 Å². The lowest BCUT2D eigenvalue weighted by atomic mass is 9.97. The molecule has 8 rings (SSSR count). The summed E-state index contributed by atoms with van der Waals surface area (Å²) in [5.74, 6) is 0. The minimum absolute atomic E-state index is 1.19. The fourth-order valence-corrected chi connectivity index (χ4v) is 5.90. The van der Waals surface area contributed by atoms with Gasteiger partial charge in [0.25, 0.3) is 0 Å². The Morgan fingerprint density at radius 1 is 0.485 bits per heavy atom. The van der Waals surface area contributed by atoms with E-state index in [1.165, 1.54) is 71.3 Å². The Labute approximate surface area is 190 Å². The minimum Gasteiger partial charge on any atom is -0.309 e. The zero-order valence-electron chi connectivity index (χ0n) is 17.8. The van der Waals surface area contributed by atoms with E-state index in [2.05, 4.69) is 107 Å². The molecule has 0 bridgehead atoms. The van der Waals surface area contributed by atoms with Crippen LogP contribution in [0.15, 0.2) is 109 Å². The van der Waals surface area contributed by atoms with Gasteiger partial charge in [-0.3, -0.25) is 4.98 Å². The van der Waals surface area contributed by atoms with E-state index in [1.807, 2.05) is 12.4 Å². The van der Waals surface area contributed by atoms with Crippen molar-refractivity contribution in [1.82, 2.24) is 9.55 Å². The normalized spacial score (nSPS) is 12.2. The molecule has 0 radical (unpaired) electrons. The van der Waals surface area contributed by atoms with Crippen molar-refractivity contribution in [2.24, 2.45) is 0 Å². The maximum Gasteiger partial charge on any atom is 0.0548 e.